The van der Waals surface area contributed by atoms with Gasteiger partial charge in [-0.15, -0.1) is 0 Å². The van der Waals surface area contributed by atoms with Gasteiger partial charge >= 0.3 is 0 Å². The van der Waals surface area contributed by atoms with E-state index in [2.05, 4.69) is 20.6 Å². The highest BCUT2D eigenvalue weighted by atomic mass is 16.5. The molecule has 0 spiro atoms. The summed E-state index contributed by atoms with van der Waals surface area (Å²) in [6.07, 6.45) is 1.49. The minimum absolute atomic E-state index is 0.109. The molecule has 1 heterocycles. The van der Waals surface area contributed by atoms with Crippen LogP contribution in [0.4, 0.5) is 0 Å². The van der Waals surface area contributed by atoms with Crippen molar-refractivity contribution in [3.8, 4) is 0 Å². The van der Waals surface area contributed by atoms with Crippen molar-refractivity contribution in [3.05, 3.63) is 30.1 Å². The number of pyridine rings is 1. The molecule has 1 rings (SSSR count). The van der Waals surface area contributed by atoms with Crippen molar-refractivity contribution in [1.82, 2.24) is 15.8 Å². The molecule has 0 atom stereocenters. The van der Waals surface area contributed by atoms with E-state index >= 15 is 0 Å². The molecule has 2 amide bonds. The first kappa shape index (κ1) is 11.1. The summed E-state index contributed by atoms with van der Waals surface area (Å²) < 4.78 is 4.56. The number of hydrogen-bond donors (Lipinski definition) is 2. The first-order valence-electron chi connectivity index (χ1n) is 4.23. The van der Waals surface area contributed by atoms with Crippen LogP contribution in [0.3, 0.4) is 0 Å². The van der Waals surface area contributed by atoms with Crippen molar-refractivity contribution in [3.63, 3.8) is 0 Å². The molecule has 6 nitrogen and oxygen atoms in total. The fourth-order valence-electron chi connectivity index (χ4n) is 0.855. The van der Waals surface area contributed by atoms with Crippen LogP contribution in [-0.2, 0) is 9.53 Å². The molecular formula is C9H11N3O3. The SMILES string of the molecule is COCC(=O)NNC(=O)c1ccccn1. The molecular weight excluding hydrogens is 198 g/mol. The predicted octanol–water partition coefficient (Wildman–Crippen LogP) is -0.511. The maximum absolute atomic E-state index is 11.3. The number of aromatic nitrogens is 1. The van der Waals surface area contributed by atoms with Crippen LogP contribution in [0.5, 0.6) is 0 Å². The summed E-state index contributed by atoms with van der Waals surface area (Å²) in [5.41, 5.74) is 4.61. The van der Waals surface area contributed by atoms with Crippen LogP contribution in [0, 0.1) is 0 Å². The summed E-state index contributed by atoms with van der Waals surface area (Å²) in [6.45, 7) is -0.109. The van der Waals surface area contributed by atoms with E-state index in [1.807, 2.05) is 0 Å². The van der Waals surface area contributed by atoms with Gasteiger partial charge in [0.25, 0.3) is 11.8 Å². The molecule has 1 aromatic heterocycles. The molecule has 80 valence electrons. The van der Waals surface area contributed by atoms with E-state index in [0.717, 1.165) is 0 Å². The lowest BCUT2D eigenvalue weighted by molar-refractivity contribution is -0.125. The van der Waals surface area contributed by atoms with Crippen molar-refractivity contribution in [2.45, 2.75) is 0 Å². The van der Waals surface area contributed by atoms with Gasteiger partial charge in [-0.3, -0.25) is 25.4 Å². The fraction of sp³-hybridized carbons (Fsp3) is 0.222. The molecule has 0 radical (unpaired) electrons. The Balaban J connectivity index is 2.40. The first-order chi connectivity index (χ1) is 7.24. The van der Waals surface area contributed by atoms with E-state index in [-0.39, 0.29) is 12.3 Å². The van der Waals surface area contributed by atoms with Crippen LogP contribution in [0.1, 0.15) is 10.5 Å². The van der Waals surface area contributed by atoms with Crippen molar-refractivity contribution in [2.75, 3.05) is 13.7 Å². The van der Waals surface area contributed by atoms with E-state index < -0.39 is 11.8 Å². The Bertz CT molecular complexity index is 340. The normalized spacial score (nSPS) is 9.40. The topological polar surface area (TPSA) is 80.3 Å². The number of nitrogens with one attached hydrogen (secondary N) is 2. The quantitative estimate of drug-likeness (QED) is 0.657. The van der Waals surface area contributed by atoms with Crippen molar-refractivity contribution >= 4 is 11.8 Å². The molecule has 0 unspecified atom stereocenters. The summed E-state index contributed by atoms with van der Waals surface area (Å²) in [5.74, 6) is -0.901. The minimum atomic E-state index is -0.472. The lowest BCUT2D eigenvalue weighted by Gasteiger charge is -2.05. The van der Waals surface area contributed by atoms with Crippen LogP contribution in [0.2, 0.25) is 0 Å². The standard InChI is InChI=1S/C9H11N3O3/c1-15-6-8(13)11-12-9(14)7-4-2-3-5-10-7/h2-5H,6H2,1H3,(H,11,13)(H,12,14). The highest BCUT2D eigenvalue weighted by Gasteiger charge is 2.06. The fourth-order valence-corrected chi connectivity index (χ4v) is 0.855. The maximum Gasteiger partial charge on any atom is 0.288 e. The highest BCUT2D eigenvalue weighted by Crippen LogP contribution is 1.91. The smallest absolute Gasteiger partial charge is 0.288 e. The third kappa shape index (κ3) is 3.74. The maximum atomic E-state index is 11.3. The van der Waals surface area contributed by atoms with Gasteiger partial charge < -0.3 is 4.74 Å². The Kier molecular flexibility index (Phi) is 4.24. The van der Waals surface area contributed by atoms with Crippen LogP contribution in [0.15, 0.2) is 24.4 Å². The molecule has 0 aliphatic heterocycles. The second-order valence-electron chi connectivity index (χ2n) is 2.65. The summed E-state index contributed by atoms with van der Waals surface area (Å²) >= 11 is 0. The zero-order chi connectivity index (χ0) is 11.1. The lowest BCUT2D eigenvalue weighted by atomic mass is 10.3. The molecule has 0 fully saturated rings. The van der Waals surface area contributed by atoms with Crippen LogP contribution in [0.25, 0.3) is 0 Å². The number of ether oxygens (including phenoxy) is 1. The Morgan fingerprint density at radius 1 is 1.40 bits per heavy atom. The van der Waals surface area contributed by atoms with Crippen molar-refractivity contribution in [2.24, 2.45) is 0 Å². The second-order valence-corrected chi connectivity index (χ2v) is 2.65. The van der Waals surface area contributed by atoms with Gasteiger partial charge in [0.05, 0.1) is 0 Å². The van der Waals surface area contributed by atoms with Crippen LogP contribution >= 0.6 is 0 Å². The predicted molar refractivity (Wildman–Crippen MR) is 51.7 cm³/mol. The Morgan fingerprint density at radius 2 is 2.20 bits per heavy atom. The molecule has 1 aromatic rings. The molecule has 0 aliphatic rings. The average molecular weight is 209 g/mol. The van der Waals surface area contributed by atoms with Gasteiger partial charge in [0.15, 0.2) is 0 Å². The van der Waals surface area contributed by atoms with E-state index in [4.69, 9.17) is 0 Å². The highest BCUT2D eigenvalue weighted by molar-refractivity contribution is 5.93. The molecule has 2 N–H and O–H groups in total. The average Bonchev–Trinajstić information content (AvgIpc) is 2.27. The number of amides is 2. The van der Waals surface area contributed by atoms with Gasteiger partial charge in [-0.25, -0.2) is 0 Å². The summed E-state index contributed by atoms with van der Waals surface area (Å²) in [5, 5.41) is 0. The number of carbonyl (C=O) groups excluding carboxylic acids is 2. The summed E-state index contributed by atoms with van der Waals surface area (Å²) in [4.78, 5) is 26.0. The number of carbonyl (C=O) groups is 2. The van der Waals surface area contributed by atoms with Gasteiger partial charge in [0, 0.05) is 13.3 Å². The Morgan fingerprint density at radius 3 is 2.80 bits per heavy atom. The van der Waals surface area contributed by atoms with E-state index in [9.17, 15) is 9.59 Å². The van der Waals surface area contributed by atoms with Crippen LogP contribution in [-0.4, -0.2) is 30.5 Å². The number of hydrogen-bond acceptors (Lipinski definition) is 4. The Hall–Kier alpha value is -1.95. The number of rotatable bonds is 3. The van der Waals surface area contributed by atoms with E-state index in [0.29, 0.717) is 0 Å². The van der Waals surface area contributed by atoms with Crippen LogP contribution < -0.4 is 10.9 Å². The first-order valence-corrected chi connectivity index (χ1v) is 4.23. The van der Waals surface area contributed by atoms with Gasteiger partial charge in [-0.2, -0.15) is 0 Å². The molecule has 0 aromatic carbocycles. The number of methoxy groups -OCH3 is 1. The summed E-state index contributed by atoms with van der Waals surface area (Å²) in [7, 11) is 1.39. The number of hydrazine groups is 1. The molecule has 0 saturated carbocycles. The molecule has 0 bridgehead atoms. The van der Waals surface area contributed by atoms with Crippen molar-refractivity contribution in [1.29, 1.82) is 0 Å². The molecule has 0 saturated heterocycles. The van der Waals surface area contributed by atoms with E-state index in [1.54, 1.807) is 12.1 Å². The van der Waals surface area contributed by atoms with Gasteiger partial charge in [-0.1, -0.05) is 6.07 Å². The monoisotopic (exact) mass is 209 g/mol. The molecule has 0 aliphatic carbocycles. The van der Waals surface area contributed by atoms with Crippen molar-refractivity contribution < 1.29 is 14.3 Å². The van der Waals surface area contributed by atoms with Gasteiger partial charge in [0.1, 0.15) is 12.3 Å². The third-order valence-electron chi connectivity index (χ3n) is 1.49. The second kappa shape index (κ2) is 5.71. The zero-order valence-electron chi connectivity index (χ0n) is 8.19. The minimum Gasteiger partial charge on any atom is -0.375 e. The lowest BCUT2D eigenvalue weighted by Crippen LogP contribution is -2.43. The third-order valence-corrected chi connectivity index (χ3v) is 1.49. The zero-order valence-corrected chi connectivity index (χ0v) is 8.19. The van der Waals surface area contributed by atoms with E-state index in [1.165, 1.54) is 19.4 Å². The Labute approximate surface area is 86.6 Å². The number of nitrogens with zero attached hydrogens (tertiary/aromatic N) is 1. The molecule has 6 heteroatoms. The van der Waals surface area contributed by atoms with Gasteiger partial charge in [-0.05, 0) is 12.1 Å². The summed E-state index contributed by atoms with van der Waals surface area (Å²) in [6, 6.07) is 4.91. The largest absolute Gasteiger partial charge is 0.375 e. The molecule has 15 heavy (non-hydrogen) atoms. The van der Waals surface area contributed by atoms with Gasteiger partial charge in [0.2, 0.25) is 0 Å².